The van der Waals surface area contributed by atoms with Gasteiger partial charge in [-0.3, -0.25) is 0 Å². The van der Waals surface area contributed by atoms with Gasteiger partial charge in [-0.1, -0.05) is 6.07 Å². The Hall–Kier alpha value is -1.83. The molecule has 0 saturated carbocycles. The maximum absolute atomic E-state index is 13.1. The van der Waals surface area contributed by atoms with Crippen molar-refractivity contribution < 1.29 is 27.5 Å². The number of aliphatic hydroxyl groups is 1. The number of nitrogens with zero attached hydrogens (tertiary/aromatic N) is 1. The van der Waals surface area contributed by atoms with E-state index in [2.05, 4.69) is 5.32 Å². The summed E-state index contributed by atoms with van der Waals surface area (Å²) in [6, 6.07) is 1.81. The van der Waals surface area contributed by atoms with Gasteiger partial charge in [0.2, 0.25) is 0 Å². The molecular formula is C16H20F4N2O2. The molecule has 2 N–H and O–H groups in total. The number of rotatable bonds is 4. The number of hydrogen-bond donors (Lipinski definition) is 2. The minimum Gasteiger partial charge on any atom is -0.396 e. The normalized spacial score (nSPS) is 18.5. The predicted molar refractivity (Wildman–Crippen MR) is 79.7 cm³/mol. The number of nitrogens with one attached hydrogen (secondary N) is 1. The molecule has 1 aromatic carbocycles. The van der Waals surface area contributed by atoms with Crippen molar-refractivity contribution in [2.24, 2.45) is 0 Å². The Morgan fingerprint density at radius 1 is 1.33 bits per heavy atom. The molecule has 1 aromatic rings. The average molecular weight is 348 g/mol. The third-order valence-electron chi connectivity index (χ3n) is 4.16. The van der Waals surface area contributed by atoms with Crippen LogP contribution in [0.15, 0.2) is 18.2 Å². The van der Waals surface area contributed by atoms with Crippen molar-refractivity contribution in [2.45, 2.75) is 44.4 Å². The molecule has 1 atom stereocenters. The maximum Gasteiger partial charge on any atom is 0.416 e. The van der Waals surface area contributed by atoms with E-state index >= 15 is 0 Å². The smallest absolute Gasteiger partial charge is 0.396 e. The van der Waals surface area contributed by atoms with E-state index in [1.807, 2.05) is 0 Å². The number of benzene rings is 1. The zero-order valence-electron chi connectivity index (χ0n) is 13.1. The Kier molecular flexibility index (Phi) is 6.04. The minimum atomic E-state index is -4.69. The van der Waals surface area contributed by atoms with Crippen LogP contribution >= 0.6 is 0 Å². The van der Waals surface area contributed by atoms with E-state index in [0.717, 1.165) is 31.4 Å². The summed E-state index contributed by atoms with van der Waals surface area (Å²) in [4.78, 5) is 13.8. The van der Waals surface area contributed by atoms with Gasteiger partial charge in [0.15, 0.2) is 0 Å². The molecule has 1 fully saturated rings. The van der Waals surface area contributed by atoms with Gasteiger partial charge in [0.25, 0.3) is 0 Å². The molecule has 8 heteroatoms. The Balaban J connectivity index is 2.06. The number of hydrogen-bond acceptors (Lipinski definition) is 2. The van der Waals surface area contributed by atoms with Crippen molar-refractivity contribution in [3.63, 3.8) is 0 Å². The average Bonchev–Trinajstić information content (AvgIpc) is 2.53. The highest BCUT2D eigenvalue weighted by molar-refractivity contribution is 5.74. The summed E-state index contributed by atoms with van der Waals surface area (Å²) in [7, 11) is 0. The van der Waals surface area contributed by atoms with Gasteiger partial charge in [0.05, 0.1) is 5.56 Å². The summed E-state index contributed by atoms with van der Waals surface area (Å²) in [6.45, 7) is 0.118. The Morgan fingerprint density at radius 2 is 2.08 bits per heavy atom. The molecule has 0 aromatic heterocycles. The minimum absolute atomic E-state index is 0.0510. The van der Waals surface area contributed by atoms with Crippen LogP contribution in [0.2, 0.25) is 0 Å². The monoisotopic (exact) mass is 348 g/mol. The highest BCUT2D eigenvalue weighted by atomic mass is 19.4. The summed E-state index contributed by atoms with van der Waals surface area (Å²) in [5.41, 5.74) is -1.28. The van der Waals surface area contributed by atoms with Gasteiger partial charge < -0.3 is 15.3 Å². The molecule has 4 nitrogen and oxygen atoms in total. The molecule has 1 heterocycles. The number of carbonyl (C=O) groups is 1. The van der Waals surface area contributed by atoms with Crippen molar-refractivity contribution in [1.82, 2.24) is 10.2 Å². The van der Waals surface area contributed by atoms with Gasteiger partial charge in [-0.2, -0.15) is 13.2 Å². The number of amides is 2. The molecule has 0 spiro atoms. The number of urea groups is 1. The molecule has 1 unspecified atom stereocenters. The molecule has 2 amide bonds. The number of alkyl halides is 3. The van der Waals surface area contributed by atoms with Crippen LogP contribution in [0.4, 0.5) is 22.4 Å². The van der Waals surface area contributed by atoms with Gasteiger partial charge in [-0.05, 0) is 43.4 Å². The molecule has 0 bridgehead atoms. The molecule has 1 aliphatic heterocycles. The summed E-state index contributed by atoms with van der Waals surface area (Å²) < 4.78 is 51.9. The van der Waals surface area contributed by atoms with Gasteiger partial charge in [-0.25, -0.2) is 9.18 Å². The summed E-state index contributed by atoms with van der Waals surface area (Å²) in [5.74, 6) is -0.976. The molecular weight excluding hydrogens is 328 g/mol. The lowest BCUT2D eigenvalue weighted by molar-refractivity contribution is -0.138. The van der Waals surface area contributed by atoms with Crippen LogP contribution in [0.1, 0.15) is 36.8 Å². The fourth-order valence-electron chi connectivity index (χ4n) is 2.96. The van der Waals surface area contributed by atoms with Gasteiger partial charge >= 0.3 is 12.2 Å². The molecule has 134 valence electrons. The zero-order chi connectivity index (χ0) is 17.7. The van der Waals surface area contributed by atoms with Crippen LogP contribution in [0.25, 0.3) is 0 Å². The largest absolute Gasteiger partial charge is 0.416 e. The number of aliphatic hydroxyl groups excluding tert-OH is 1. The molecule has 24 heavy (non-hydrogen) atoms. The lowest BCUT2D eigenvalue weighted by Gasteiger charge is -2.35. The van der Waals surface area contributed by atoms with E-state index in [9.17, 15) is 22.4 Å². The second-order valence-corrected chi connectivity index (χ2v) is 5.81. The first kappa shape index (κ1) is 18.5. The van der Waals surface area contributed by atoms with Crippen molar-refractivity contribution >= 4 is 6.03 Å². The van der Waals surface area contributed by atoms with E-state index in [1.165, 1.54) is 0 Å². The second kappa shape index (κ2) is 7.83. The SMILES string of the molecule is O=C(NCc1ccc(F)cc1C(F)(F)F)N1CCCCC1CCO. The number of piperidine rings is 1. The first-order valence-corrected chi connectivity index (χ1v) is 7.84. The van der Waals surface area contributed by atoms with Crippen molar-refractivity contribution in [2.75, 3.05) is 13.2 Å². The topological polar surface area (TPSA) is 52.6 Å². The first-order valence-electron chi connectivity index (χ1n) is 7.84. The van der Waals surface area contributed by atoms with Gasteiger partial charge in [0, 0.05) is 25.7 Å². The summed E-state index contributed by atoms with van der Waals surface area (Å²) in [5, 5.41) is 11.5. The summed E-state index contributed by atoms with van der Waals surface area (Å²) in [6.07, 6.45) is -1.72. The van der Waals surface area contributed by atoms with E-state index in [-0.39, 0.29) is 24.8 Å². The molecule has 2 rings (SSSR count). The van der Waals surface area contributed by atoms with Crippen molar-refractivity contribution in [1.29, 1.82) is 0 Å². The maximum atomic E-state index is 13.1. The first-order chi connectivity index (χ1) is 11.3. The second-order valence-electron chi connectivity index (χ2n) is 5.81. The number of halogens is 4. The third kappa shape index (κ3) is 4.59. The fourth-order valence-corrected chi connectivity index (χ4v) is 2.96. The summed E-state index contributed by atoms with van der Waals surface area (Å²) >= 11 is 0. The quantitative estimate of drug-likeness (QED) is 0.821. The van der Waals surface area contributed by atoms with Crippen LogP contribution in [-0.4, -0.2) is 35.2 Å². The van der Waals surface area contributed by atoms with Gasteiger partial charge in [0.1, 0.15) is 5.82 Å². The lowest BCUT2D eigenvalue weighted by Crippen LogP contribution is -2.48. The number of likely N-dealkylation sites (tertiary alicyclic amines) is 1. The Morgan fingerprint density at radius 3 is 2.75 bits per heavy atom. The standard InChI is InChI=1S/C16H20F4N2O2/c17-12-5-4-11(14(9-12)16(18,19)20)10-21-15(24)22-7-2-1-3-13(22)6-8-23/h4-5,9,13,23H,1-3,6-8,10H2,(H,21,24). The lowest BCUT2D eigenvalue weighted by atomic mass is 10.00. The predicted octanol–water partition coefficient (Wildman–Crippen LogP) is 3.29. The molecule has 1 saturated heterocycles. The molecule has 1 aliphatic rings. The van der Waals surface area contributed by atoms with Crippen molar-refractivity contribution in [3.05, 3.63) is 35.1 Å². The van der Waals surface area contributed by atoms with E-state index in [0.29, 0.717) is 19.0 Å². The van der Waals surface area contributed by atoms with Crippen LogP contribution in [0, 0.1) is 5.82 Å². The molecule has 0 aliphatic carbocycles. The van der Waals surface area contributed by atoms with Crippen LogP contribution in [-0.2, 0) is 12.7 Å². The highest BCUT2D eigenvalue weighted by Crippen LogP contribution is 2.32. The van der Waals surface area contributed by atoms with Crippen LogP contribution in [0.3, 0.4) is 0 Å². The van der Waals surface area contributed by atoms with Crippen LogP contribution in [0.5, 0.6) is 0 Å². The zero-order valence-corrected chi connectivity index (χ0v) is 13.1. The van der Waals surface area contributed by atoms with E-state index in [4.69, 9.17) is 5.11 Å². The van der Waals surface area contributed by atoms with Crippen molar-refractivity contribution in [3.8, 4) is 0 Å². The molecule has 0 radical (unpaired) electrons. The van der Waals surface area contributed by atoms with Gasteiger partial charge in [-0.15, -0.1) is 0 Å². The van der Waals surface area contributed by atoms with E-state index < -0.39 is 23.6 Å². The van der Waals surface area contributed by atoms with E-state index in [1.54, 1.807) is 4.90 Å². The van der Waals surface area contributed by atoms with Crippen LogP contribution < -0.4 is 5.32 Å². The third-order valence-corrected chi connectivity index (χ3v) is 4.16. The Bertz CT molecular complexity index is 576. The Labute approximate surface area is 137 Å². The number of carbonyl (C=O) groups excluding carboxylic acids is 1. The fraction of sp³-hybridized carbons (Fsp3) is 0.562. The highest BCUT2D eigenvalue weighted by Gasteiger charge is 2.34.